The molecule has 1 aliphatic heterocycles. The van der Waals surface area contributed by atoms with Gasteiger partial charge in [0.15, 0.2) is 0 Å². The van der Waals surface area contributed by atoms with Gasteiger partial charge in [0.25, 0.3) is 0 Å². The van der Waals surface area contributed by atoms with Gasteiger partial charge in [-0.3, -0.25) is 9.69 Å². The van der Waals surface area contributed by atoms with Crippen LogP contribution in [0.2, 0.25) is 5.02 Å². The van der Waals surface area contributed by atoms with Crippen molar-refractivity contribution >= 4 is 23.2 Å². The zero-order valence-electron chi connectivity index (χ0n) is 14.6. The van der Waals surface area contributed by atoms with Crippen molar-refractivity contribution in [3.63, 3.8) is 0 Å². The van der Waals surface area contributed by atoms with E-state index in [1.165, 1.54) is 23.8 Å². The second kappa shape index (κ2) is 9.12. The highest BCUT2D eigenvalue weighted by atomic mass is 35.5. The molecule has 26 heavy (non-hydrogen) atoms. The molecule has 138 valence electrons. The first kappa shape index (κ1) is 18.8. The first-order valence-electron chi connectivity index (χ1n) is 8.84. The molecule has 0 unspecified atom stereocenters. The third kappa shape index (κ3) is 5.53. The average Bonchev–Trinajstić information content (AvgIpc) is 2.65. The molecule has 0 bridgehead atoms. The predicted octanol–water partition coefficient (Wildman–Crippen LogP) is 3.28. The highest BCUT2D eigenvalue weighted by molar-refractivity contribution is 6.31. The lowest BCUT2D eigenvalue weighted by molar-refractivity contribution is -0.117. The molecule has 4 nitrogen and oxygen atoms in total. The average molecular weight is 376 g/mol. The Kier molecular flexibility index (Phi) is 6.61. The van der Waals surface area contributed by atoms with Crippen LogP contribution in [0.5, 0.6) is 0 Å². The Hall–Kier alpha value is -1.95. The summed E-state index contributed by atoms with van der Waals surface area (Å²) in [5.74, 6) is -0.596. The third-order valence-corrected chi connectivity index (χ3v) is 4.88. The molecule has 0 aliphatic carbocycles. The zero-order valence-corrected chi connectivity index (χ0v) is 15.4. The topological polar surface area (TPSA) is 35.6 Å². The molecular formula is C20H23ClFN3O. The van der Waals surface area contributed by atoms with Crippen LogP contribution >= 0.6 is 11.6 Å². The minimum Gasteiger partial charge on any atom is -0.325 e. The number of benzene rings is 2. The number of rotatable bonds is 6. The van der Waals surface area contributed by atoms with Gasteiger partial charge in [-0.05, 0) is 30.2 Å². The first-order valence-corrected chi connectivity index (χ1v) is 9.21. The van der Waals surface area contributed by atoms with Gasteiger partial charge in [-0.25, -0.2) is 4.39 Å². The van der Waals surface area contributed by atoms with Crippen molar-refractivity contribution in [2.24, 2.45) is 0 Å². The van der Waals surface area contributed by atoms with Gasteiger partial charge in [-0.15, -0.1) is 0 Å². The number of nitrogens with zero attached hydrogens (tertiary/aromatic N) is 2. The van der Waals surface area contributed by atoms with E-state index in [0.717, 1.165) is 39.1 Å². The van der Waals surface area contributed by atoms with E-state index in [-0.39, 0.29) is 10.9 Å². The molecule has 1 amide bonds. The Balaban J connectivity index is 1.39. The Bertz CT molecular complexity index is 733. The third-order valence-electron chi connectivity index (χ3n) is 4.60. The van der Waals surface area contributed by atoms with E-state index < -0.39 is 5.82 Å². The van der Waals surface area contributed by atoms with Crippen LogP contribution < -0.4 is 5.32 Å². The maximum Gasteiger partial charge on any atom is 0.238 e. The molecule has 0 spiro atoms. The van der Waals surface area contributed by atoms with E-state index in [2.05, 4.69) is 39.4 Å². The molecule has 3 rings (SSSR count). The number of piperazine rings is 1. The highest BCUT2D eigenvalue weighted by Gasteiger charge is 2.19. The maximum atomic E-state index is 13.2. The second-order valence-corrected chi connectivity index (χ2v) is 6.94. The monoisotopic (exact) mass is 375 g/mol. The number of hydrogen-bond acceptors (Lipinski definition) is 3. The van der Waals surface area contributed by atoms with Gasteiger partial charge in [0.1, 0.15) is 5.82 Å². The Labute approximate surface area is 158 Å². The van der Waals surface area contributed by atoms with Crippen molar-refractivity contribution < 1.29 is 9.18 Å². The molecule has 1 N–H and O–H groups in total. The van der Waals surface area contributed by atoms with Gasteiger partial charge in [0.05, 0.1) is 11.6 Å². The number of anilines is 1. The van der Waals surface area contributed by atoms with Crippen LogP contribution in [0.1, 0.15) is 5.56 Å². The molecule has 1 saturated heterocycles. The Morgan fingerprint density at radius 1 is 1.04 bits per heavy atom. The van der Waals surface area contributed by atoms with E-state index in [4.69, 9.17) is 11.6 Å². The summed E-state index contributed by atoms with van der Waals surface area (Å²) in [6.45, 7) is 5.03. The molecular weight excluding hydrogens is 353 g/mol. The van der Waals surface area contributed by atoms with E-state index in [0.29, 0.717) is 12.2 Å². The van der Waals surface area contributed by atoms with Crippen molar-refractivity contribution in [2.45, 2.75) is 6.42 Å². The number of hydrogen-bond donors (Lipinski definition) is 1. The van der Waals surface area contributed by atoms with Crippen LogP contribution in [-0.4, -0.2) is 55.0 Å². The Morgan fingerprint density at radius 3 is 2.42 bits per heavy atom. The number of carbonyl (C=O) groups excluding carboxylic acids is 1. The van der Waals surface area contributed by atoms with Crippen molar-refractivity contribution in [1.82, 2.24) is 9.80 Å². The predicted molar refractivity (Wildman–Crippen MR) is 103 cm³/mol. The fourth-order valence-electron chi connectivity index (χ4n) is 3.08. The second-order valence-electron chi connectivity index (χ2n) is 6.53. The summed E-state index contributed by atoms with van der Waals surface area (Å²) in [5, 5.41) is 2.78. The largest absolute Gasteiger partial charge is 0.325 e. The fraction of sp³-hybridized carbons (Fsp3) is 0.350. The van der Waals surface area contributed by atoms with Crippen molar-refractivity contribution in [1.29, 1.82) is 0 Å². The molecule has 0 saturated carbocycles. The molecule has 2 aromatic rings. The normalized spacial score (nSPS) is 15.8. The van der Waals surface area contributed by atoms with Crippen molar-refractivity contribution in [3.05, 3.63) is 64.9 Å². The summed E-state index contributed by atoms with van der Waals surface area (Å²) in [5.41, 5.74) is 1.87. The summed E-state index contributed by atoms with van der Waals surface area (Å²) in [4.78, 5) is 16.7. The SMILES string of the molecule is O=C(CN1CCN(CCc2ccccc2)CC1)Nc1ccc(F)c(Cl)c1. The smallest absolute Gasteiger partial charge is 0.238 e. The van der Waals surface area contributed by atoms with Gasteiger partial charge in [-0.2, -0.15) is 0 Å². The number of nitrogens with one attached hydrogen (secondary N) is 1. The van der Waals surface area contributed by atoms with Crippen LogP contribution in [-0.2, 0) is 11.2 Å². The number of carbonyl (C=O) groups is 1. The van der Waals surface area contributed by atoms with Gasteiger partial charge >= 0.3 is 0 Å². The van der Waals surface area contributed by atoms with Gasteiger partial charge in [-0.1, -0.05) is 41.9 Å². The molecule has 1 heterocycles. The van der Waals surface area contributed by atoms with Crippen LogP contribution in [0.25, 0.3) is 0 Å². The lowest BCUT2D eigenvalue weighted by Crippen LogP contribution is -2.49. The first-order chi connectivity index (χ1) is 12.6. The summed E-state index contributed by atoms with van der Waals surface area (Å²) in [7, 11) is 0. The number of amides is 1. The van der Waals surface area contributed by atoms with Crippen LogP contribution in [0.3, 0.4) is 0 Å². The van der Waals surface area contributed by atoms with Crippen LogP contribution in [0.4, 0.5) is 10.1 Å². The minimum absolute atomic E-state index is 0.00910. The molecule has 0 radical (unpaired) electrons. The summed E-state index contributed by atoms with van der Waals surface area (Å²) < 4.78 is 13.2. The molecule has 1 aliphatic rings. The van der Waals surface area contributed by atoms with E-state index in [1.807, 2.05) is 6.07 Å². The van der Waals surface area contributed by atoms with E-state index >= 15 is 0 Å². The summed E-state index contributed by atoms with van der Waals surface area (Å²) in [6.07, 6.45) is 1.05. The molecule has 0 aromatic heterocycles. The van der Waals surface area contributed by atoms with E-state index in [9.17, 15) is 9.18 Å². The van der Waals surface area contributed by atoms with Gasteiger partial charge in [0.2, 0.25) is 5.91 Å². The fourth-order valence-corrected chi connectivity index (χ4v) is 3.26. The van der Waals surface area contributed by atoms with Crippen molar-refractivity contribution in [2.75, 3.05) is 44.6 Å². The quantitative estimate of drug-likeness (QED) is 0.841. The molecule has 6 heteroatoms. The van der Waals surface area contributed by atoms with Crippen molar-refractivity contribution in [3.8, 4) is 0 Å². The lowest BCUT2D eigenvalue weighted by Gasteiger charge is -2.34. The maximum absolute atomic E-state index is 13.2. The number of halogens is 2. The highest BCUT2D eigenvalue weighted by Crippen LogP contribution is 2.19. The summed E-state index contributed by atoms with van der Waals surface area (Å²) in [6, 6.07) is 14.7. The lowest BCUT2D eigenvalue weighted by atomic mass is 10.1. The van der Waals surface area contributed by atoms with Crippen LogP contribution in [0.15, 0.2) is 48.5 Å². The Morgan fingerprint density at radius 2 is 1.73 bits per heavy atom. The summed E-state index contributed by atoms with van der Waals surface area (Å²) >= 11 is 5.74. The van der Waals surface area contributed by atoms with Gasteiger partial charge < -0.3 is 10.2 Å². The van der Waals surface area contributed by atoms with Crippen LogP contribution in [0, 0.1) is 5.82 Å². The van der Waals surface area contributed by atoms with Gasteiger partial charge in [0, 0.05) is 38.4 Å². The van der Waals surface area contributed by atoms with E-state index in [1.54, 1.807) is 0 Å². The standard InChI is InChI=1S/C20H23ClFN3O/c21-18-14-17(6-7-19(18)22)23-20(26)15-25-12-10-24(11-13-25)9-8-16-4-2-1-3-5-16/h1-7,14H,8-13,15H2,(H,23,26). The molecule has 2 aromatic carbocycles. The molecule has 1 fully saturated rings. The minimum atomic E-state index is -0.490. The zero-order chi connectivity index (χ0) is 18.4. The molecule has 0 atom stereocenters.